The molecule has 0 amide bonds. The van der Waals surface area contributed by atoms with Gasteiger partial charge in [0.05, 0.1) is 13.2 Å². The van der Waals surface area contributed by atoms with Crippen LogP contribution < -0.4 is 0 Å². The van der Waals surface area contributed by atoms with Gasteiger partial charge in [0.25, 0.3) is 0 Å². The highest BCUT2D eigenvalue weighted by molar-refractivity contribution is 5.44. The number of β-amino-alcohol motifs (C(OH)–C–C–N with tert-alkyl or cyclic N) is 1. The zero-order valence-corrected chi connectivity index (χ0v) is 19.8. The number of rotatable bonds is 12. The largest absolute Gasteiger partial charge is 0.494 e. The Morgan fingerprint density at radius 2 is 1.94 bits per heavy atom. The van der Waals surface area contributed by atoms with Crippen LogP contribution in [-0.2, 0) is 15.9 Å². The third-order valence-corrected chi connectivity index (χ3v) is 5.73. The lowest BCUT2D eigenvalue weighted by atomic mass is 9.93. The molecule has 1 fully saturated rings. The van der Waals surface area contributed by atoms with Crippen molar-refractivity contribution in [3.05, 3.63) is 71.5 Å². The van der Waals surface area contributed by atoms with Gasteiger partial charge in [0, 0.05) is 38.7 Å². The smallest absolute Gasteiger partial charge is 0.112 e. The fraction of sp³-hybridized carbons (Fsp3) is 0.500. The van der Waals surface area contributed by atoms with Gasteiger partial charge in [-0.15, -0.1) is 0 Å². The van der Waals surface area contributed by atoms with Crippen molar-refractivity contribution in [2.24, 2.45) is 5.92 Å². The normalized spacial score (nSPS) is 15.8. The number of likely N-dealkylation sites (tertiary alicyclic amines) is 1. The maximum atomic E-state index is 9.11. The molecule has 4 nitrogen and oxygen atoms in total. The SMILES string of the molecule is C=C(/C=C\C(C#CCC1CCN(CCO)CC1)=C(/C)Cc1ccccc1)OCCCOC. The zero-order valence-electron chi connectivity index (χ0n) is 19.8. The van der Waals surface area contributed by atoms with Gasteiger partial charge in [-0.3, -0.25) is 0 Å². The van der Waals surface area contributed by atoms with E-state index >= 15 is 0 Å². The number of benzene rings is 1. The Morgan fingerprint density at radius 1 is 1.19 bits per heavy atom. The monoisotopic (exact) mass is 437 g/mol. The minimum atomic E-state index is 0.243. The molecule has 0 unspecified atom stereocenters. The Hall–Kier alpha value is -2.32. The van der Waals surface area contributed by atoms with Crippen molar-refractivity contribution in [1.82, 2.24) is 4.90 Å². The highest BCUT2D eigenvalue weighted by Gasteiger charge is 2.17. The molecule has 0 atom stereocenters. The van der Waals surface area contributed by atoms with Crippen LogP contribution in [0.1, 0.15) is 38.2 Å². The van der Waals surface area contributed by atoms with Crippen LogP contribution in [0.2, 0.25) is 0 Å². The van der Waals surface area contributed by atoms with Gasteiger partial charge in [0.15, 0.2) is 0 Å². The third-order valence-electron chi connectivity index (χ3n) is 5.73. The number of hydrogen-bond acceptors (Lipinski definition) is 4. The number of aliphatic hydroxyl groups excluding tert-OH is 1. The zero-order chi connectivity index (χ0) is 23.0. The first-order chi connectivity index (χ1) is 15.6. The minimum absolute atomic E-state index is 0.243. The lowest BCUT2D eigenvalue weighted by molar-refractivity contribution is 0.149. The minimum Gasteiger partial charge on any atom is -0.494 e. The summed E-state index contributed by atoms with van der Waals surface area (Å²) in [5.41, 5.74) is 3.56. The van der Waals surface area contributed by atoms with E-state index in [1.807, 2.05) is 18.2 Å². The molecule has 1 aliphatic rings. The van der Waals surface area contributed by atoms with Gasteiger partial charge in [-0.1, -0.05) is 54.3 Å². The average molecular weight is 438 g/mol. The Bertz CT molecular complexity index is 793. The van der Waals surface area contributed by atoms with Crippen molar-refractivity contribution in [2.45, 2.75) is 39.0 Å². The summed E-state index contributed by atoms with van der Waals surface area (Å²) in [4.78, 5) is 2.33. The maximum Gasteiger partial charge on any atom is 0.112 e. The van der Waals surface area contributed by atoms with Crippen LogP contribution in [0.3, 0.4) is 0 Å². The van der Waals surface area contributed by atoms with Crippen molar-refractivity contribution in [3.8, 4) is 11.8 Å². The summed E-state index contributed by atoms with van der Waals surface area (Å²) in [6.07, 6.45) is 8.88. The van der Waals surface area contributed by atoms with Crippen LogP contribution in [0.4, 0.5) is 0 Å². The molecule has 4 heteroatoms. The van der Waals surface area contributed by atoms with E-state index in [1.54, 1.807) is 7.11 Å². The summed E-state index contributed by atoms with van der Waals surface area (Å²) in [6, 6.07) is 10.5. The van der Waals surface area contributed by atoms with Gasteiger partial charge in [0.1, 0.15) is 5.76 Å². The fourth-order valence-corrected chi connectivity index (χ4v) is 3.76. The Balaban J connectivity index is 2.01. The van der Waals surface area contributed by atoms with Crippen LogP contribution >= 0.6 is 0 Å². The molecule has 2 rings (SSSR count). The molecule has 0 saturated carbocycles. The molecule has 1 aromatic carbocycles. The van der Waals surface area contributed by atoms with E-state index in [-0.39, 0.29) is 6.61 Å². The van der Waals surface area contributed by atoms with Crippen molar-refractivity contribution in [2.75, 3.05) is 46.6 Å². The topological polar surface area (TPSA) is 41.9 Å². The molecule has 0 spiro atoms. The summed E-state index contributed by atoms with van der Waals surface area (Å²) < 4.78 is 10.7. The Kier molecular flexibility index (Phi) is 12.5. The van der Waals surface area contributed by atoms with Gasteiger partial charge >= 0.3 is 0 Å². The van der Waals surface area contributed by atoms with E-state index in [0.717, 1.165) is 57.3 Å². The molecule has 1 N–H and O–H groups in total. The van der Waals surface area contributed by atoms with E-state index in [0.29, 0.717) is 24.9 Å². The molecular weight excluding hydrogens is 398 g/mol. The molecule has 0 aliphatic carbocycles. The molecule has 32 heavy (non-hydrogen) atoms. The first-order valence-electron chi connectivity index (χ1n) is 11.7. The molecule has 1 heterocycles. The lowest BCUT2D eigenvalue weighted by Crippen LogP contribution is -2.35. The van der Waals surface area contributed by atoms with Crippen LogP contribution in [0.5, 0.6) is 0 Å². The number of aliphatic hydroxyl groups is 1. The predicted octanol–water partition coefficient (Wildman–Crippen LogP) is 4.77. The van der Waals surface area contributed by atoms with Crippen LogP contribution in [0.15, 0.2) is 66.0 Å². The van der Waals surface area contributed by atoms with Crippen LogP contribution in [-0.4, -0.2) is 56.6 Å². The van der Waals surface area contributed by atoms with Crippen molar-refractivity contribution < 1.29 is 14.6 Å². The van der Waals surface area contributed by atoms with E-state index < -0.39 is 0 Å². The van der Waals surface area contributed by atoms with E-state index in [2.05, 4.69) is 54.5 Å². The molecule has 1 saturated heterocycles. The summed E-state index contributed by atoms with van der Waals surface area (Å²) in [5.74, 6) is 8.14. The van der Waals surface area contributed by atoms with Gasteiger partial charge in [-0.2, -0.15) is 0 Å². The van der Waals surface area contributed by atoms with Crippen LogP contribution in [0, 0.1) is 17.8 Å². The highest BCUT2D eigenvalue weighted by Crippen LogP contribution is 2.20. The molecular formula is C28H39NO3. The fourth-order valence-electron chi connectivity index (χ4n) is 3.76. The number of ether oxygens (including phenoxy) is 2. The van der Waals surface area contributed by atoms with Crippen molar-refractivity contribution in [3.63, 3.8) is 0 Å². The quantitative estimate of drug-likeness (QED) is 0.221. The van der Waals surface area contributed by atoms with Crippen LogP contribution in [0.25, 0.3) is 0 Å². The van der Waals surface area contributed by atoms with E-state index in [4.69, 9.17) is 14.6 Å². The summed E-state index contributed by atoms with van der Waals surface area (Å²) in [6.45, 7) is 10.6. The number of allylic oxidation sites excluding steroid dienone is 4. The predicted molar refractivity (Wildman–Crippen MR) is 132 cm³/mol. The second-order valence-electron chi connectivity index (χ2n) is 8.37. The first kappa shape index (κ1) is 25.9. The molecule has 174 valence electrons. The molecule has 0 radical (unpaired) electrons. The number of methoxy groups -OCH3 is 1. The average Bonchev–Trinajstić information content (AvgIpc) is 2.81. The van der Waals surface area contributed by atoms with E-state index in [9.17, 15) is 0 Å². The Morgan fingerprint density at radius 3 is 2.62 bits per heavy atom. The van der Waals surface area contributed by atoms with Crippen molar-refractivity contribution in [1.29, 1.82) is 0 Å². The van der Waals surface area contributed by atoms with Crippen molar-refractivity contribution >= 4 is 0 Å². The second kappa shape index (κ2) is 15.5. The molecule has 1 aliphatic heterocycles. The van der Waals surface area contributed by atoms with E-state index in [1.165, 1.54) is 11.1 Å². The standard InChI is InChI=1S/C28H39NO3/c1-24(23-27-9-5-4-6-10-27)28(14-13-25(2)32-22-8-21-31-3)12-7-11-26-15-17-29(18-16-26)19-20-30/h4-6,9-10,13-14,26,30H,2,8,11,15-23H2,1,3H3/b14-13-,28-24+. The summed E-state index contributed by atoms with van der Waals surface area (Å²) in [5, 5.41) is 9.11. The number of hydrogen-bond donors (Lipinski definition) is 1. The second-order valence-corrected chi connectivity index (χ2v) is 8.37. The Labute approximate surface area is 194 Å². The number of piperidine rings is 1. The molecule has 0 aromatic heterocycles. The molecule has 0 bridgehead atoms. The van der Waals surface area contributed by atoms with Gasteiger partial charge < -0.3 is 19.5 Å². The number of nitrogens with zero attached hydrogens (tertiary/aromatic N) is 1. The first-order valence-corrected chi connectivity index (χ1v) is 11.7. The maximum absolute atomic E-state index is 9.11. The van der Waals surface area contributed by atoms with Gasteiger partial charge in [0.2, 0.25) is 0 Å². The van der Waals surface area contributed by atoms with Gasteiger partial charge in [-0.05, 0) is 62.9 Å². The third kappa shape index (κ3) is 10.3. The molecule has 1 aromatic rings. The summed E-state index contributed by atoms with van der Waals surface area (Å²) in [7, 11) is 1.69. The summed E-state index contributed by atoms with van der Waals surface area (Å²) >= 11 is 0. The van der Waals surface area contributed by atoms with Gasteiger partial charge in [-0.25, -0.2) is 0 Å². The lowest BCUT2D eigenvalue weighted by Gasteiger charge is -2.30. The highest BCUT2D eigenvalue weighted by atomic mass is 16.5.